The highest BCUT2D eigenvalue weighted by Gasteiger charge is 2.24. The molecule has 0 saturated carbocycles. The van der Waals surface area contributed by atoms with Gasteiger partial charge in [0.05, 0.1) is 23.8 Å². The number of hydrogen-bond acceptors (Lipinski definition) is 7. The maximum atomic E-state index is 12.7. The number of nitrogens with one attached hydrogen (secondary N) is 1. The van der Waals surface area contributed by atoms with Crippen LogP contribution in [0, 0.1) is 6.92 Å². The van der Waals surface area contributed by atoms with Gasteiger partial charge in [-0.25, -0.2) is 9.97 Å². The summed E-state index contributed by atoms with van der Waals surface area (Å²) in [5.41, 5.74) is 2.38. The second-order valence-corrected chi connectivity index (χ2v) is 9.10. The van der Waals surface area contributed by atoms with Crippen LogP contribution in [0.5, 0.6) is 0 Å². The SMILES string of the molecule is Cc1cnc(C(=O)N2CCN(Cc3nc4sc5c(c4c(=O)[nH]3)CCCC5)CC2)cn1. The molecule has 1 aliphatic carbocycles. The third-order valence-electron chi connectivity index (χ3n) is 5.91. The van der Waals surface area contributed by atoms with E-state index in [4.69, 9.17) is 4.98 Å². The summed E-state index contributed by atoms with van der Waals surface area (Å²) in [6, 6.07) is 0. The molecule has 0 spiro atoms. The van der Waals surface area contributed by atoms with E-state index in [0.29, 0.717) is 31.2 Å². The number of aromatic amines is 1. The first kappa shape index (κ1) is 19.3. The van der Waals surface area contributed by atoms with Crippen LogP contribution in [0.3, 0.4) is 0 Å². The van der Waals surface area contributed by atoms with Gasteiger partial charge in [0.2, 0.25) is 0 Å². The molecule has 9 heteroatoms. The summed E-state index contributed by atoms with van der Waals surface area (Å²) >= 11 is 1.68. The van der Waals surface area contributed by atoms with Gasteiger partial charge in [0.25, 0.3) is 11.5 Å². The van der Waals surface area contributed by atoms with Gasteiger partial charge in [-0.3, -0.25) is 19.5 Å². The minimum Gasteiger partial charge on any atom is -0.335 e. The average molecular weight is 425 g/mol. The molecule has 156 valence electrons. The zero-order chi connectivity index (χ0) is 20.7. The Morgan fingerprint density at radius 1 is 1.13 bits per heavy atom. The molecule has 1 aliphatic heterocycles. The molecular formula is C21H24N6O2S. The van der Waals surface area contributed by atoms with E-state index in [9.17, 15) is 9.59 Å². The zero-order valence-electron chi connectivity index (χ0n) is 17.0. The Hall–Kier alpha value is -2.65. The lowest BCUT2D eigenvalue weighted by atomic mass is 9.97. The summed E-state index contributed by atoms with van der Waals surface area (Å²) in [7, 11) is 0. The molecule has 0 aromatic carbocycles. The third kappa shape index (κ3) is 3.63. The van der Waals surface area contributed by atoms with Crippen LogP contribution < -0.4 is 5.56 Å². The monoisotopic (exact) mass is 424 g/mol. The molecule has 8 nitrogen and oxygen atoms in total. The van der Waals surface area contributed by atoms with E-state index in [1.165, 1.54) is 23.1 Å². The lowest BCUT2D eigenvalue weighted by molar-refractivity contribution is 0.0619. The number of piperazine rings is 1. The van der Waals surface area contributed by atoms with Gasteiger partial charge in [-0.05, 0) is 38.2 Å². The lowest BCUT2D eigenvalue weighted by Crippen LogP contribution is -2.48. The van der Waals surface area contributed by atoms with Gasteiger partial charge in [0, 0.05) is 37.3 Å². The van der Waals surface area contributed by atoms with E-state index in [2.05, 4.69) is 19.9 Å². The number of fused-ring (bicyclic) bond motifs is 3. The molecule has 3 aromatic rings. The largest absolute Gasteiger partial charge is 0.335 e. The fraction of sp³-hybridized carbons (Fsp3) is 0.476. The number of aryl methyl sites for hydroxylation is 3. The van der Waals surface area contributed by atoms with Crippen molar-refractivity contribution in [3.05, 3.63) is 50.4 Å². The lowest BCUT2D eigenvalue weighted by Gasteiger charge is -2.34. The average Bonchev–Trinajstić information content (AvgIpc) is 3.13. The Kier molecular flexibility index (Phi) is 5.08. The molecular weight excluding hydrogens is 400 g/mol. The van der Waals surface area contributed by atoms with Crippen LogP contribution in [0.1, 0.15) is 45.3 Å². The Morgan fingerprint density at radius 2 is 1.93 bits per heavy atom. The quantitative estimate of drug-likeness (QED) is 0.690. The van der Waals surface area contributed by atoms with Crippen LogP contribution in [0.25, 0.3) is 10.2 Å². The molecule has 1 fully saturated rings. The van der Waals surface area contributed by atoms with Crippen molar-refractivity contribution in [2.24, 2.45) is 0 Å². The number of carbonyl (C=O) groups is 1. The number of carbonyl (C=O) groups excluding carboxylic acids is 1. The van der Waals surface area contributed by atoms with Crippen molar-refractivity contribution >= 4 is 27.5 Å². The molecule has 0 atom stereocenters. The first-order valence-corrected chi connectivity index (χ1v) is 11.2. The highest BCUT2D eigenvalue weighted by Crippen LogP contribution is 2.33. The van der Waals surface area contributed by atoms with Crippen molar-refractivity contribution in [1.82, 2.24) is 29.7 Å². The fourth-order valence-corrected chi connectivity index (χ4v) is 5.55. The van der Waals surface area contributed by atoms with Crippen LogP contribution in [0.2, 0.25) is 0 Å². The van der Waals surface area contributed by atoms with E-state index in [-0.39, 0.29) is 11.5 Å². The Bertz CT molecular complexity index is 1140. The van der Waals surface area contributed by atoms with Gasteiger partial charge in [0.15, 0.2) is 0 Å². The number of amides is 1. The van der Waals surface area contributed by atoms with Crippen molar-refractivity contribution in [3.8, 4) is 0 Å². The summed E-state index contributed by atoms with van der Waals surface area (Å²) in [4.78, 5) is 47.7. The smallest absolute Gasteiger partial charge is 0.274 e. The predicted molar refractivity (Wildman–Crippen MR) is 115 cm³/mol. The zero-order valence-corrected chi connectivity index (χ0v) is 17.8. The maximum Gasteiger partial charge on any atom is 0.274 e. The molecule has 0 radical (unpaired) electrons. The number of thiophene rings is 1. The number of rotatable bonds is 3. The first-order valence-electron chi connectivity index (χ1n) is 10.4. The summed E-state index contributed by atoms with van der Waals surface area (Å²) in [5.74, 6) is 0.620. The molecule has 4 heterocycles. The number of H-pyrrole nitrogens is 1. The van der Waals surface area contributed by atoms with Crippen LogP contribution >= 0.6 is 11.3 Å². The number of nitrogens with zero attached hydrogens (tertiary/aromatic N) is 5. The van der Waals surface area contributed by atoms with Gasteiger partial charge >= 0.3 is 0 Å². The summed E-state index contributed by atoms with van der Waals surface area (Å²) in [6.45, 7) is 5.13. The maximum absolute atomic E-state index is 12.7. The number of hydrogen-bond donors (Lipinski definition) is 1. The minimum atomic E-state index is -0.0840. The molecule has 1 amide bonds. The molecule has 3 aromatic heterocycles. The van der Waals surface area contributed by atoms with E-state index in [0.717, 1.165) is 48.3 Å². The second kappa shape index (κ2) is 7.88. The standard InChI is InChI=1S/C21H24N6O2S/c1-13-10-23-15(11-22-13)21(29)27-8-6-26(7-9-27)12-17-24-19(28)18-14-4-2-3-5-16(14)30-20(18)25-17/h10-11H,2-9,12H2,1H3,(H,24,25,28). The first-order chi connectivity index (χ1) is 14.6. The van der Waals surface area contributed by atoms with Crippen LogP contribution in [0.15, 0.2) is 17.2 Å². The highest BCUT2D eigenvalue weighted by atomic mass is 32.1. The van der Waals surface area contributed by atoms with Gasteiger partial charge < -0.3 is 9.88 Å². The Labute approximate surface area is 178 Å². The fourth-order valence-electron chi connectivity index (χ4n) is 4.27. The van der Waals surface area contributed by atoms with Crippen molar-refractivity contribution in [3.63, 3.8) is 0 Å². The normalized spacial score (nSPS) is 17.3. The van der Waals surface area contributed by atoms with Gasteiger partial charge in [-0.2, -0.15) is 0 Å². The second-order valence-electron chi connectivity index (χ2n) is 8.02. The molecule has 0 unspecified atom stereocenters. The van der Waals surface area contributed by atoms with Gasteiger partial charge in [0.1, 0.15) is 16.3 Å². The van der Waals surface area contributed by atoms with E-state index in [1.807, 2.05) is 11.8 Å². The summed E-state index contributed by atoms with van der Waals surface area (Å²) in [6.07, 6.45) is 7.55. The molecule has 1 N–H and O–H groups in total. The van der Waals surface area contributed by atoms with E-state index < -0.39 is 0 Å². The molecule has 2 aliphatic rings. The van der Waals surface area contributed by atoms with Gasteiger partial charge in [-0.1, -0.05) is 0 Å². The van der Waals surface area contributed by atoms with Crippen LogP contribution in [-0.2, 0) is 19.4 Å². The van der Waals surface area contributed by atoms with Crippen molar-refractivity contribution in [2.75, 3.05) is 26.2 Å². The number of aromatic nitrogens is 4. The molecule has 30 heavy (non-hydrogen) atoms. The predicted octanol–water partition coefficient (Wildman–Crippen LogP) is 1.92. The minimum absolute atomic E-state index is 0.0128. The van der Waals surface area contributed by atoms with Crippen molar-refractivity contribution in [1.29, 1.82) is 0 Å². The molecule has 0 bridgehead atoms. The Morgan fingerprint density at radius 3 is 2.70 bits per heavy atom. The highest BCUT2D eigenvalue weighted by molar-refractivity contribution is 7.18. The Balaban J connectivity index is 1.26. The van der Waals surface area contributed by atoms with E-state index in [1.54, 1.807) is 17.5 Å². The van der Waals surface area contributed by atoms with E-state index >= 15 is 0 Å². The molecule has 1 saturated heterocycles. The van der Waals surface area contributed by atoms with Crippen LogP contribution in [0.4, 0.5) is 0 Å². The third-order valence-corrected chi connectivity index (χ3v) is 7.09. The van der Waals surface area contributed by atoms with Crippen molar-refractivity contribution < 1.29 is 4.79 Å². The molecule has 5 rings (SSSR count). The van der Waals surface area contributed by atoms with Crippen molar-refractivity contribution in [2.45, 2.75) is 39.2 Å². The summed E-state index contributed by atoms with van der Waals surface area (Å²) < 4.78 is 0. The summed E-state index contributed by atoms with van der Waals surface area (Å²) in [5, 5.41) is 0.799. The van der Waals surface area contributed by atoms with Crippen LogP contribution in [-0.4, -0.2) is 61.8 Å². The van der Waals surface area contributed by atoms with Gasteiger partial charge in [-0.15, -0.1) is 11.3 Å². The topological polar surface area (TPSA) is 95.1 Å².